The van der Waals surface area contributed by atoms with Crippen molar-refractivity contribution in [2.24, 2.45) is 0 Å². The van der Waals surface area contributed by atoms with Gasteiger partial charge < -0.3 is 7.43 Å². The van der Waals surface area contributed by atoms with Crippen LogP contribution in [0, 0.1) is 7.43 Å². The second kappa shape index (κ2) is 17.2. The fourth-order valence-electron chi connectivity index (χ4n) is 4.84. The topological polar surface area (TPSA) is 34.1 Å². The van der Waals surface area contributed by atoms with Crippen LogP contribution in [-0.2, 0) is 30.0 Å². The van der Waals surface area contributed by atoms with Crippen LogP contribution in [0.2, 0.25) is 0 Å². The van der Waals surface area contributed by atoms with Crippen molar-refractivity contribution >= 4 is 50.5 Å². The van der Waals surface area contributed by atoms with Gasteiger partial charge in [-0.1, -0.05) is 61.9 Å². The van der Waals surface area contributed by atoms with E-state index in [0.29, 0.717) is 16.2 Å². The summed E-state index contributed by atoms with van der Waals surface area (Å²) in [6.07, 6.45) is 3.25. The molecule has 37 heavy (non-hydrogen) atoms. The van der Waals surface area contributed by atoms with Gasteiger partial charge in [0.25, 0.3) is 4.73 Å². The first kappa shape index (κ1) is 34.5. The summed E-state index contributed by atoms with van der Waals surface area (Å²) in [5, 5.41) is 2.35. The molecule has 0 aliphatic carbocycles. The SMILES string of the molecule is CCCCc1ccc(S(=O)(=O)C([PH+](c2ccccc2)c2ccccc2)[PH+](C(C)C)C(C)C)cc1.[CH3-].[Ni][Br]. The Balaban J connectivity index is 0.00000223. The van der Waals surface area contributed by atoms with E-state index in [1.807, 2.05) is 60.7 Å². The van der Waals surface area contributed by atoms with Crippen molar-refractivity contribution in [1.82, 2.24) is 0 Å². The van der Waals surface area contributed by atoms with Crippen molar-refractivity contribution < 1.29 is 22.1 Å². The van der Waals surface area contributed by atoms with E-state index >= 15 is 0 Å². The predicted octanol–water partition coefficient (Wildman–Crippen LogP) is 8.28. The number of hydrogen-bond donors (Lipinski definition) is 0. The van der Waals surface area contributed by atoms with Crippen LogP contribution in [0.15, 0.2) is 89.8 Å². The molecular weight excluding hydrogens is 625 g/mol. The normalized spacial score (nSPS) is 12.3. The Kier molecular flexibility index (Phi) is 16.0. The third kappa shape index (κ3) is 9.26. The minimum atomic E-state index is -3.53. The Labute approximate surface area is 244 Å². The van der Waals surface area contributed by atoms with E-state index in [-0.39, 0.29) is 12.2 Å². The molecule has 0 saturated carbocycles. The second-order valence-electron chi connectivity index (χ2n) is 9.63. The average molecular weight is 668 g/mol. The summed E-state index contributed by atoms with van der Waals surface area (Å²) < 4.78 is 28.7. The molecule has 0 heterocycles. The molecule has 2 nitrogen and oxygen atoms in total. The Bertz CT molecular complexity index is 1080. The molecule has 0 aliphatic rings. The van der Waals surface area contributed by atoms with Gasteiger partial charge in [-0.05, 0) is 82.5 Å². The fourth-order valence-corrected chi connectivity index (χ4v) is 20.5. The molecule has 207 valence electrons. The van der Waals surface area contributed by atoms with E-state index in [4.69, 9.17) is 0 Å². The monoisotopic (exact) mass is 666 g/mol. The summed E-state index contributed by atoms with van der Waals surface area (Å²) >= 11 is 6.25. The predicted molar refractivity (Wildman–Crippen MR) is 170 cm³/mol. The van der Waals surface area contributed by atoms with Crippen LogP contribution >= 0.6 is 30.1 Å². The first-order valence-electron chi connectivity index (χ1n) is 12.6. The van der Waals surface area contributed by atoms with Crippen molar-refractivity contribution in [3.63, 3.8) is 0 Å². The van der Waals surface area contributed by atoms with Gasteiger partial charge in [0, 0.05) is 0 Å². The fraction of sp³-hybridized carbons (Fsp3) is 0.367. The number of halogens is 1. The molecule has 3 aromatic rings. The van der Waals surface area contributed by atoms with E-state index < -0.39 is 25.7 Å². The summed E-state index contributed by atoms with van der Waals surface area (Å²) in [6, 6.07) is 28.5. The van der Waals surface area contributed by atoms with Gasteiger partial charge >= 0.3 is 27.9 Å². The van der Waals surface area contributed by atoms with Crippen LogP contribution < -0.4 is 10.6 Å². The molecule has 0 bridgehead atoms. The molecule has 0 amide bonds. The van der Waals surface area contributed by atoms with Crippen molar-refractivity contribution in [3.8, 4) is 0 Å². The average Bonchev–Trinajstić information content (AvgIpc) is 2.89. The molecule has 0 spiro atoms. The molecule has 0 fully saturated rings. The van der Waals surface area contributed by atoms with Gasteiger partial charge in [0.05, 0.1) is 24.1 Å². The van der Waals surface area contributed by atoms with Crippen LogP contribution in [0.25, 0.3) is 0 Å². The van der Waals surface area contributed by atoms with E-state index in [2.05, 4.69) is 86.8 Å². The van der Waals surface area contributed by atoms with Gasteiger partial charge in [-0.25, -0.2) is 8.42 Å². The molecule has 0 aliphatic heterocycles. The molecule has 0 saturated heterocycles. The summed E-state index contributed by atoms with van der Waals surface area (Å²) in [5.41, 5.74) is 1.91. The van der Waals surface area contributed by atoms with E-state index in [9.17, 15) is 8.42 Å². The van der Waals surface area contributed by atoms with E-state index in [0.717, 1.165) is 19.3 Å². The van der Waals surface area contributed by atoms with Crippen LogP contribution in [-0.4, -0.2) is 24.5 Å². The van der Waals surface area contributed by atoms with Gasteiger partial charge in [-0.15, -0.1) is 0 Å². The Hall–Kier alpha value is -0.556. The first-order valence-corrected chi connectivity index (χ1v) is 19.9. The van der Waals surface area contributed by atoms with Gasteiger partial charge in [0.1, 0.15) is 18.5 Å². The Morgan fingerprint density at radius 3 is 1.57 bits per heavy atom. The molecule has 3 rings (SSSR count). The number of rotatable bonds is 11. The van der Waals surface area contributed by atoms with Crippen molar-refractivity contribution in [2.45, 2.75) is 74.8 Å². The number of sulfone groups is 1. The van der Waals surface area contributed by atoms with Crippen LogP contribution in [0.1, 0.15) is 53.0 Å². The molecule has 0 aromatic heterocycles. The van der Waals surface area contributed by atoms with E-state index in [1.54, 1.807) is 0 Å². The van der Waals surface area contributed by atoms with Crippen molar-refractivity contribution in [1.29, 1.82) is 0 Å². The molecule has 7 heteroatoms. The Morgan fingerprint density at radius 2 is 1.19 bits per heavy atom. The number of benzene rings is 3. The molecule has 1 atom stereocenters. The van der Waals surface area contributed by atoms with E-state index in [1.165, 1.54) is 16.2 Å². The number of aryl methyl sites for hydroxylation is 1. The second-order valence-corrected chi connectivity index (χ2v) is 19.5. The van der Waals surface area contributed by atoms with Crippen LogP contribution in [0.5, 0.6) is 0 Å². The molecular formula is C30H43BrNiO2P2S+. The van der Waals surface area contributed by atoms with Gasteiger partial charge in [-0.3, -0.25) is 0 Å². The molecule has 3 aromatic carbocycles. The number of unbranched alkanes of at least 4 members (excludes halogenated alkanes) is 1. The van der Waals surface area contributed by atoms with Crippen molar-refractivity contribution in [3.05, 3.63) is 97.9 Å². The minimum absolute atomic E-state index is 0. The Morgan fingerprint density at radius 1 is 0.757 bits per heavy atom. The standard InChI is InChI=1S/C29H38O2P2S.CH3.BrH.Ni/c1-6-7-14-25-19-21-28(22-20-25)34(30,31)29(32(23(2)3)24(4)5)33(26-15-10-8-11-16-26)27-17-12-9-13-18-27;;;/h8-13,15-24,29H,6-7,14H2,1-5H3;1H3;1H;/q;-1;;+1/p+1. The molecule has 0 N–H and O–H groups in total. The third-order valence-corrected chi connectivity index (χ3v) is 19.0. The zero-order chi connectivity index (χ0) is 26.7. The van der Waals surface area contributed by atoms with Gasteiger partial charge in [0.2, 0.25) is 9.84 Å². The third-order valence-electron chi connectivity index (χ3n) is 6.45. The summed E-state index contributed by atoms with van der Waals surface area (Å²) in [5.74, 6) is 0. The molecule has 0 radical (unpaired) electrons. The summed E-state index contributed by atoms with van der Waals surface area (Å²) in [6.45, 7) is 11.1. The molecule has 1 unspecified atom stereocenters. The van der Waals surface area contributed by atoms with Crippen LogP contribution in [0.4, 0.5) is 0 Å². The number of hydrogen-bond acceptors (Lipinski definition) is 2. The maximum absolute atomic E-state index is 14.5. The maximum atomic E-state index is 14.5. The quantitative estimate of drug-likeness (QED) is 0.117. The summed E-state index contributed by atoms with van der Waals surface area (Å²) in [4.78, 5) is 0.482. The summed E-state index contributed by atoms with van der Waals surface area (Å²) in [7, 11) is -6.41. The first-order chi connectivity index (χ1) is 17.3. The van der Waals surface area contributed by atoms with Gasteiger partial charge in [0.15, 0.2) is 0 Å². The van der Waals surface area contributed by atoms with Crippen LogP contribution in [0.3, 0.4) is 0 Å². The zero-order valence-corrected chi connectivity index (χ0v) is 28.2. The zero-order valence-electron chi connectivity index (χ0n) is 22.9. The van der Waals surface area contributed by atoms with Gasteiger partial charge in [-0.2, -0.15) is 0 Å². The van der Waals surface area contributed by atoms with Crippen molar-refractivity contribution in [2.75, 3.05) is 0 Å².